The molecule has 4 N–H and O–H groups in total. The molecule has 0 spiro atoms. The minimum Gasteiger partial charge on any atom is -0.548 e. The number of carboxylic acid groups (broad SMARTS) is 1. The van der Waals surface area contributed by atoms with Crippen LogP contribution in [0.2, 0.25) is 5.02 Å². The van der Waals surface area contributed by atoms with Crippen LogP contribution in [0, 0.1) is 0 Å². The summed E-state index contributed by atoms with van der Waals surface area (Å²) in [4.78, 5) is 69.2. The van der Waals surface area contributed by atoms with Crippen LogP contribution in [-0.2, 0) is 14.4 Å². The minimum absolute atomic E-state index is 0. The van der Waals surface area contributed by atoms with Crippen molar-refractivity contribution in [3.8, 4) is 11.6 Å². The zero-order chi connectivity index (χ0) is 29.1. The Morgan fingerprint density at radius 2 is 1.88 bits per heavy atom. The second-order valence-corrected chi connectivity index (χ2v) is 11.8. The Balaban J connectivity index is 0.00000387. The monoisotopic (exact) mass is 610 g/mol. The zero-order valence-electron chi connectivity index (χ0n) is 21.7. The number of aliphatic carboxylic acids is 1. The Hall–Kier alpha value is -3.37. The van der Waals surface area contributed by atoms with Gasteiger partial charge in [0.05, 0.1) is 17.0 Å². The molecule has 0 aliphatic carbocycles. The van der Waals surface area contributed by atoms with Crippen molar-refractivity contribution in [3.05, 3.63) is 63.0 Å². The Bertz CT molecular complexity index is 1670. The average molecular weight is 611 g/mol. The summed E-state index contributed by atoms with van der Waals surface area (Å²) in [6, 6.07) is 2.43. The number of hydrogen-bond donors (Lipinski definition) is 4. The van der Waals surface area contributed by atoms with Gasteiger partial charge in [-0.25, -0.2) is 4.98 Å². The van der Waals surface area contributed by atoms with Crippen molar-refractivity contribution >= 4 is 52.7 Å². The van der Waals surface area contributed by atoms with E-state index < -0.39 is 68.9 Å². The molecule has 0 saturated carbocycles. The van der Waals surface area contributed by atoms with Crippen LogP contribution < -0.4 is 50.9 Å². The topological polar surface area (TPSA) is 206 Å². The molecular weight excluding hydrogens is 591 g/mol. The quantitative estimate of drug-likeness (QED) is 0.156. The van der Waals surface area contributed by atoms with Gasteiger partial charge in [-0.2, -0.15) is 4.52 Å². The third-order valence-electron chi connectivity index (χ3n) is 6.60. The summed E-state index contributed by atoms with van der Waals surface area (Å²) in [6.07, 6.45) is 0.981. The average Bonchev–Trinajstić information content (AvgIpc) is 3.15. The molecule has 1 aromatic carbocycles. The molecule has 2 fully saturated rings. The third-order valence-corrected chi connectivity index (χ3v) is 8.47. The number of carbonyl (C=O) groups is 4. The largest absolute Gasteiger partial charge is 1.00 e. The number of fused-ring (bicyclic) bond motifs is 2. The first-order valence-electron chi connectivity index (χ1n) is 11.7. The molecule has 3 aromatic rings. The summed E-state index contributed by atoms with van der Waals surface area (Å²) in [5, 5.41) is 38.9. The summed E-state index contributed by atoms with van der Waals surface area (Å²) < 4.78 is -0.171. The zero-order valence-corrected chi connectivity index (χ0v) is 25.3. The summed E-state index contributed by atoms with van der Waals surface area (Å²) in [5.41, 5.74) is -1.27. The van der Waals surface area contributed by atoms with Crippen LogP contribution in [0.25, 0.3) is 5.65 Å². The number of phenols is 1. The van der Waals surface area contributed by atoms with Crippen LogP contribution in [0.3, 0.4) is 0 Å². The number of nitrogens with one attached hydrogen (secondary N) is 2. The Morgan fingerprint density at radius 1 is 1.17 bits per heavy atom. The number of phenolic OH excluding ortho intramolecular Hbond substituents is 1. The number of β-lactam (4-membered cyclic amide) rings is 1. The summed E-state index contributed by atoms with van der Waals surface area (Å²) in [5.74, 6) is -4.73. The fourth-order valence-corrected chi connectivity index (χ4v) is 6.49. The van der Waals surface area contributed by atoms with Crippen molar-refractivity contribution in [3.63, 3.8) is 0 Å². The number of aromatic nitrogens is 3. The first-order chi connectivity index (χ1) is 18.8. The molecular formula is C24H20ClN6NaO8S. The molecule has 17 heteroatoms. The van der Waals surface area contributed by atoms with Gasteiger partial charge >= 0.3 is 29.6 Å². The Kier molecular flexibility index (Phi) is 8.30. The molecule has 0 radical (unpaired) electrons. The van der Waals surface area contributed by atoms with Crippen molar-refractivity contribution in [2.24, 2.45) is 0 Å². The third kappa shape index (κ3) is 5.35. The van der Waals surface area contributed by atoms with Crippen molar-refractivity contribution < 1.29 is 64.1 Å². The van der Waals surface area contributed by atoms with Gasteiger partial charge in [0.25, 0.3) is 11.5 Å². The van der Waals surface area contributed by atoms with E-state index in [0.29, 0.717) is 4.52 Å². The molecule has 208 valence electrons. The number of halogens is 1. The van der Waals surface area contributed by atoms with Crippen LogP contribution in [0.1, 0.15) is 35.8 Å². The van der Waals surface area contributed by atoms with Crippen LogP contribution in [0.4, 0.5) is 0 Å². The number of thioether (sulfide) groups is 1. The fraction of sp³-hybridized carbons (Fsp3) is 0.292. The molecule has 2 aliphatic rings. The molecule has 41 heavy (non-hydrogen) atoms. The SMILES string of the molecule is CC1(C)S[C@@H]2[C@H](NC(=O)C(NC(=O)c3cnc4ccc(O)nn4c3=O)c3ccc(O)c(Cl)c3)C(=O)N2[C@H]1C(=O)[O-].[Na+]. The molecule has 5 rings (SSSR count). The predicted molar refractivity (Wildman–Crippen MR) is 137 cm³/mol. The normalized spacial score (nSPS) is 21.3. The molecule has 4 heterocycles. The first-order valence-corrected chi connectivity index (χ1v) is 12.9. The van der Waals surface area contributed by atoms with Crippen molar-refractivity contribution in [2.75, 3.05) is 0 Å². The van der Waals surface area contributed by atoms with E-state index in [4.69, 9.17) is 11.6 Å². The number of nitrogens with zero attached hydrogens (tertiary/aromatic N) is 4. The van der Waals surface area contributed by atoms with Gasteiger partial charge in [0.1, 0.15) is 28.8 Å². The number of carbonyl (C=O) groups excluding carboxylic acids is 4. The van der Waals surface area contributed by atoms with Gasteiger partial charge in [-0.1, -0.05) is 17.7 Å². The van der Waals surface area contributed by atoms with E-state index in [1.807, 2.05) is 0 Å². The van der Waals surface area contributed by atoms with Gasteiger partial charge in [-0.15, -0.1) is 16.9 Å². The standard InChI is InChI=1S/C24H21ClN6O8S.Na/c1-24(2)17(23(38)39)30-21(37)16(22(30)40-24)28-19(35)15(9-3-4-12(32)11(25)7-9)27-18(34)10-8-26-13-5-6-14(33)29-31(13)20(10)36;/h3-8,15-17,22,32H,1-2H3,(H,27,34)(H,28,35)(H,29,33)(H,38,39);/q;+1/p-1/t15?,16-,17+,22-;/m1./s1. The van der Waals surface area contributed by atoms with E-state index in [0.717, 1.165) is 11.1 Å². The maximum atomic E-state index is 13.5. The van der Waals surface area contributed by atoms with Gasteiger partial charge in [-0.3, -0.25) is 19.2 Å². The smallest absolute Gasteiger partial charge is 0.548 e. The van der Waals surface area contributed by atoms with Crippen molar-refractivity contribution in [1.29, 1.82) is 0 Å². The van der Waals surface area contributed by atoms with Gasteiger partial charge in [0, 0.05) is 17.0 Å². The number of aromatic hydroxyl groups is 2. The van der Waals surface area contributed by atoms with E-state index in [2.05, 4.69) is 20.7 Å². The van der Waals surface area contributed by atoms with Crippen LogP contribution >= 0.6 is 23.4 Å². The van der Waals surface area contributed by atoms with Gasteiger partial charge in [0.2, 0.25) is 17.7 Å². The van der Waals surface area contributed by atoms with Crippen LogP contribution in [0.5, 0.6) is 11.6 Å². The Morgan fingerprint density at radius 3 is 2.54 bits per heavy atom. The molecule has 3 amide bonds. The van der Waals surface area contributed by atoms with E-state index in [-0.39, 0.29) is 51.5 Å². The summed E-state index contributed by atoms with van der Waals surface area (Å²) >= 11 is 7.21. The van der Waals surface area contributed by atoms with Crippen molar-refractivity contribution in [1.82, 2.24) is 30.1 Å². The fourth-order valence-electron chi connectivity index (χ4n) is 4.68. The van der Waals surface area contributed by atoms with E-state index >= 15 is 0 Å². The maximum absolute atomic E-state index is 13.5. The summed E-state index contributed by atoms with van der Waals surface area (Å²) in [6.45, 7) is 3.30. The molecule has 0 bridgehead atoms. The van der Waals surface area contributed by atoms with Crippen LogP contribution in [-0.4, -0.2) is 75.6 Å². The number of carboxylic acids is 1. The molecule has 4 atom stereocenters. The first kappa shape index (κ1) is 30.6. The molecule has 14 nitrogen and oxygen atoms in total. The Labute approximate surface area is 262 Å². The maximum Gasteiger partial charge on any atom is 1.00 e. The summed E-state index contributed by atoms with van der Waals surface area (Å²) in [7, 11) is 0. The van der Waals surface area contributed by atoms with E-state index in [1.165, 1.54) is 42.1 Å². The van der Waals surface area contributed by atoms with E-state index in [9.17, 15) is 39.3 Å². The van der Waals surface area contributed by atoms with Gasteiger partial charge in [-0.05, 0) is 37.6 Å². The number of hydrogen-bond acceptors (Lipinski definition) is 11. The van der Waals surface area contributed by atoms with Crippen molar-refractivity contribution in [2.45, 2.75) is 42.1 Å². The molecule has 2 aromatic heterocycles. The number of benzene rings is 1. The van der Waals surface area contributed by atoms with Gasteiger partial charge in [0.15, 0.2) is 5.65 Å². The van der Waals surface area contributed by atoms with Gasteiger partial charge < -0.3 is 35.6 Å². The second-order valence-electron chi connectivity index (χ2n) is 9.62. The van der Waals surface area contributed by atoms with E-state index in [1.54, 1.807) is 13.8 Å². The number of amides is 3. The predicted octanol–water partition coefficient (Wildman–Crippen LogP) is -4.07. The second kappa shape index (κ2) is 11.1. The molecule has 2 aliphatic heterocycles. The molecule has 1 unspecified atom stereocenters. The van der Waals surface area contributed by atoms with Crippen LogP contribution in [0.15, 0.2) is 41.3 Å². The number of rotatable bonds is 6. The molecule has 2 saturated heterocycles. The minimum atomic E-state index is -1.51.